The lowest BCUT2D eigenvalue weighted by Crippen LogP contribution is -2.42. The number of hydrogen-bond acceptors (Lipinski definition) is 3. The second-order valence-corrected chi connectivity index (χ2v) is 5.56. The average Bonchev–Trinajstić information content (AvgIpc) is 2.40. The highest BCUT2D eigenvalue weighted by molar-refractivity contribution is 7.98. The molecule has 1 heterocycles. The van der Waals surface area contributed by atoms with Crippen LogP contribution in [0.3, 0.4) is 0 Å². The molecule has 0 spiro atoms. The molecule has 0 aliphatic carbocycles. The van der Waals surface area contributed by atoms with Gasteiger partial charge in [-0.15, -0.1) is 11.8 Å². The summed E-state index contributed by atoms with van der Waals surface area (Å²) in [4.78, 5) is 13.4. The van der Waals surface area contributed by atoms with E-state index in [0.29, 0.717) is 6.04 Å². The van der Waals surface area contributed by atoms with E-state index >= 15 is 0 Å². The summed E-state index contributed by atoms with van der Waals surface area (Å²) in [6.07, 6.45) is 4.07. The van der Waals surface area contributed by atoms with Crippen LogP contribution in [0.2, 0.25) is 0 Å². The molecule has 1 amide bonds. The maximum absolute atomic E-state index is 12.3. The smallest absolute Gasteiger partial charge is 0.251 e. The summed E-state index contributed by atoms with van der Waals surface area (Å²) >= 11 is 1.67. The Kier molecular flexibility index (Phi) is 4.66. The van der Waals surface area contributed by atoms with Crippen LogP contribution < -0.4 is 10.6 Å². The van der Waals surface area contributed by atoms with Gasteiger partial charge in [0.2, 0.25) is 0 Å². The average molecular weight is 264 g/mol. The lowest BCUT2D eigenvalue weighted by atomic mass is 10.0. The summed E-state index contributed by atoms with van der Waals surface area (Å²) in [5, 5.41) is 6.44. The van der Waals surface area contributed by atoms with Crippen molar-refractivity contribution in [2.75, 3.05) is 19.3 Å². The highest BCUT2D eigenvalue weighted by Crippen LogP contribution is 2.19. The minimum Gasteiger partial charge on any atom is -0.349 e. The largest absolute Gasteiger partial charge is 0.349 e. The first kappa shape index (κ1) is 13.4. The van der Waals surface area contributed by atoms with Gasteiger partial charge in [0.05, 0.1) is 0 Å². The third-order valence-corrected chi connectivity index (χ3v) is 4.09. The summed E-state index contributed by atoms with van der Waals surface area (Å²) in [5.41, 5.74) is 1.85. The lowest BCUT2D eigenvalue weighted by molar-refractivity contribution is 0.0928. The van der Waals surface area contributed by atoms with Crippen molar-refractivity contribution in [2.45, 2.75) is 30.7 Å². The van der Waals surface area contributed by atoms with E-state index in [4.69, 9.17) is 0 Å². The van der Waals surface area contributed by atoms with Gasteiger partial charge >= 0.3 is 0 Å². The van der Waals surface area contributed by atoms with Crippen molar-refractivity contribution < 1.29 is 4.79 Å². The molecule has 0 unspecified atom stereocenters. The van der Waals surface area contributed by atoms with Gasteiger partial charge in [-0.1, -0.05) is 6.07 Å². The van der Waals surface area contributed by atoms with Crippen LogP contribution >= 0.6 is 11.8 Å². The SMILES string of the molecule is CSc1ccc(C)c(C(=O)NC2CCNCC2)c1. The molecule has 1 aromatic rings. The molecule has 2 N–H and O–H groups in total. The molecule has 1 fully saturated rings. The maximum Gasteiger partial charge on any atom is 0.251 e. The summed E-state index contributed by atoms with van der Waals surface area (Å²) in [6, 6.07) is 6.37. The quantitative estimate of drug-likeness (QED) is 0.822. The van der Waals surface area contributed by atoms with E-state index in [2.05, 4.69) is 16.7 Å². The van der Waals surface area contributed by atoms with E-state index in [1.165, 1.54) is 0 Å². The third-order valence-electron chi connectivity index (χ3n) is 3.36. The zero-order valence-electron chi connectivity index (χ0n) is 11.0. The number of benzene rings is 1. The van der Waals surface area contributed by atoms with E-state index in [1.54, 1.807) is 11.8 Å². The van der Waals surface area contributed by atoms with Crippen LogP contribution in [0.5, 0.6) is 0 Å². The molecule has 0 saturated carbocycles. The first-order valence-electron chi connectivity index (χ1n) is 6.37. The molecule has 98 valence electrons. The van der Waals surface area contributed by atoms with Crippen LogP contribution in [0.15, 0.2) is 23.1 Å². The minimum atomic E-state index is 0.0651. The molecule has 1 aliphatic heterocycles. The number of piperidine rings is 1. The summed E-state index contributed by atoms with van der Waals surface area (Å²) < 4.78 is 0. The van der Waals surface area contributed by atoms with E-state index in [9.17, 15) is 4.79 Å². The first-order valence-corrected chi connectivity index (χ1v) is 7.59. The molecule has 0 atom stereocenters. The van der Waals surface area contributed by atoms with Gasteiger partial charge in [0, 0.05) is 16.5 Å². The van der Waals surface area contributed by atoms with Gasteiger partial charge in [-0.2, -0.15) is 0 Å². The zero-order valence-corrected chi connectivity index (χ0v) is 11.8. The molecule has 1 aromatic carbocycles. The highest BCUT2D eigenvalue weighted by atomic mass is 32.2. The van der Waals surface area contributed by atoms with Crippen molar-refractivity contribution in [1.82, 2.24) is 10.6 Å². The fourth-order valence-corrected chi connectivity index (χ4v) is 2.64. The van der Waals surface area contributed by atoms with E-state index in [-0.39, 0.29) is 5.91 Å². The molecule has 1 saturated heterocycles. The van der Waals surface area contributed by atoms with Crippen molar-refractivity contribution >= 4 is 17.7 Å². The standard InChI is InChI=1S/C14H20N2OS/c1-10-3-4-12(18-2)9-13(10)14(17)16-11-5-7-15-8-6-11/h3-4,9,11,15H,5-8H2,1-2H3,(H,16,17). The molecule has 0 bridgehead atoms. The predicted octanol–water partition coefficient (Wildman–Crippen LogP) is 2.20. The van der Waals surface area contributed by atoms with Gasteiger partial charge in [0.1, 0.15) is 0 Å². The topological polar surface area (TPSA) is 41.1 Å². The molecule has 0 aromatic heterocycles. The normalized spacial score (nSPS) is 16.6. The Morgan fingerprint density at radius 2 is 2.11 bits per heavy atom. The number of carbonyl (C=O) groups excluding carboxylic acids is 1. The fraction of sp³-hybridized carbons (Fsp3) is 0.500. The van der Waals surface area contributed by atoms with Crippen LogP contribution in [0.1, 0.15) is 28.8 Å². The molecule has 2 rings (SSSR count). The second kappa shape index (κ2) is 6.25. The minimum absolute atomic E-state index is 0.0651. The lowest BCUT2D eigenvalue weighted by Gasteiger charge is -2.24. The van der Waals surface area contributed by atoms with Crippen molar-refractivity contribution in [2.24, 2.45) is 0 Å². The molecule has 0 radical (unpaired) electrons. The number of carbonyl (C=O) groups is 1. The number of hydrogen-bond donors (Lipinski definition) is 2. The molecular formula is C14H20N2OS. The van der Waals surface area contributed by atoms with Crippen LogP contribution in [0.4, 0.5) is 0 Å². The van der Waals surface area contributed by atoms with E-state index in [1.807, 2.05) is 25.3 Å². The van der Waals surface area contributed by atoms with Crippen molar-refractivity contribution in [1.29, 1.82) is 0 Å². The van der Waals surface area contributed by atoms with Gasteiger partial charge < -0.3 is 10.6 Å². The Hall–Kier alpha value is -1.00. The zero-order chi connectivity index (χ0) is 13.0. The third kappa shape index (κ3) is 3.27. The fourth-order valence-electron chi connectivity index (χ4n) is 2.20. The van der Waals surface area contributed by atoms with Gasteiger partial charge in [-0.05, 0) is 56.8 Å². The van der Waals surface area contributed by atoms with Crippen LogP contribution in [-0.2, 0) is 0 Å². The monoisotopic (exact) mass is 264 g/mol. The maximum atomic E-state index is 12.3. The number of thioether (sulfide) groups is 1. The molecule has 3 nitrogen and oxygen atoms in total. The Labute approximate surface area is 113 Å². The van der Waals surface area contributed by atoms with E-state index in [0.717, 1.165) is 42.0 Å². The molecule has 4 heteroatoms. The van der Waals surface area contributed by atoms with Crippen molar-refractivity contribution in [3.8, 4) is 0 Å². The van der Waals surface area contributed by atoms with Gasteiger partial charge in [-0.25, -0.2) is 0 Å². The van der Waals surface area contributed by atoms with Crippen LogP contribution in [-0.4, -0.2) is 31.3 Å². The van der Waals surface area contributed by atoms with Gasteiger partial charge in [-0.3, -0.25) is 4.79 Å². The Bertz CT molecular complexity index is 428. The number of nitrogens with one attached hydrogen (secondary N) is 2. The molecular weight excluding hydrogens is 244 g/mol. The summed E-state index contributed by atoms with van der Waals surface area (Å²) in [5.74, 6) is 0.0651. The van der Waals surface area contributed by atoms with Crippen LogP contribution in [0, 0.1) is 6.92 Å². The second-order valence-electron chi connectivity index (χ2n) is 4.68. The summed E-state index contributed by atoms with van der Waals surface area (Å²) in [6.45, 7) is 3.98. The first-order chi connectivity index (χ1) is 8.70. The molecule has 18 heavy (non-hydrogen) atoms. The Balaban J connectivity index is 2.07. The van der Waals surface area contributed by atoms with Crippen molar-refractivity contribution in [3.05, 3.63) is 29.3 Å². The van der Waals surface area contributed by atoms with Crippen molar-refractivity contribution in [3.63, 3.8) is 0 Å². The number of aryl methyl sites for hydroxylation is 1. The predicted molar refractivity (Wildman–Crippen MR) is 76.3 cm³/mol. The van der Waals surface area contributed by atoms with Gasteiger partial charge in [0.25, 0.3) is 5.91 Å². The van der Waals surface area contributed by atoms with Gasteiger partial charge in [0.15, 0.2) is 0 Å². The number of amides is 1. The Morgan fingerprint density at radius 3 is 2.78 bits per heavy atom. The highest BCUT2D eigenvalue weighted by Gasteiger charge is 2.17. The number of rotatable bonds is 3. The molecule has 1 aliphatic rings. The van der Waals surface area contributed by atoms with Crippen LogP contribution in [0.25, 0.3) is 0 Å². The Morgan fingerprint density at radius 1 is 1.39 bits per heavy atom. The van der Waals surface area contributed by atoms with E-state index < -0.39 is 0 Å². The summed E-state index contributed by atoms with van der Waals surface area (Å²) in [7, 11) is 0.